The monoisotopic (exact) mass is 374 g/mol. The largest absolute Gasteiger partial charge is 0.417 e. The molecule has 2 aromatic rings. The molecule has 0 radical (unpaired) electrons. The summed E-state index contributed by atoms with van der Waals surface area (Å²) in [5, 5.41) is 10.7. The molecule has 2 bridgehead atoms. The average Bonchev–Trinajstić information content (AvgIpc) is 3.08. The molecule has 2 nitrogen and oxygen atoms in total. The number of alkyl halides is 3. The van der Waals surface area contributed by atoms with Crippen LogP contribution in [0.3, 0.4) is 0 Å². The zero-order valence-corrected chi connectivity index (χ0v) is 15.0. The van der Waals surface area contributed by atoms with Gasteiger partial charge in [0.05, 0.1) is 17.6 Å². The predicted octanol–water partition coefficient (Wildman–Crippen LogP) is 5.12. The van der Waals surface area contributed by atoms with Crippen molar-refractivity contribution in [2.45, 2.75) is 44.4 Å². The molecule has 0 aliphatic heterocycles. The molecule has 4 rings (SSSR count). The Hall–Kier alpha value is -2.14. The number of aliphatic hydroxyl groups excluding tert-OH is 1. The zero-order valence-electron chi connectivity index (χ0n) is 15.0. The summed E-state index contributed by atoms with van der Waals surface area (Å²) in [5.41, 5.74) is 1.28. The first-order chi connectivity index (χ1) is 12.8. The summed E-state index contributed by atoms with van der Waals surface area (Å²) in [6, 6.07) is 10.5. The topological polar surface area (TPSA) is 37.3 Å². The highest BCUT2D eigenvalue weighted by atomic mass is 19.4. The Bertz CT molecular complexity index is 887. The van der Waals surface area contributed by atoms with Gasteiger partial charge in [-0.2, -0.15) is 13.2 Å². The van der Waals surface area contributed by atoms with Gasteiger partial charge in [-0.15, -0.1) is 0 Å². The first kappa shape index (κ1) is 18.2. The molecule has 4 unspecified atom stereocenters. The number of hydrogen-bond donors (Lipinski definition) is 1. The Kier molecular flexibility index (Phi) is 4.38. The number of halogens is 3. The molecule has 2 aromatic carbocycles. The van der Waals surface area contributed by atoms with E-state index in [0.29, 0.717) is 11.1 Å². The van der Waals surface area contributed by atoms with Crippen LogP contribution in [0.2, 0.25) is 0 Å². The lowest BCUT2D eigenvalue weighted by Gasteiger charge is -2.33. The van der Waals surface area contributed by atoms with Gasteiger partial charge in [0.1, 0.15) is 5.78 Å². The molecule has 2 saturated carbocycles. The van der Waals surface area contributed by atoms with Crippen LogP contribution < -0.4 is 0 Å². The Labute approximate surface area is 156 Å². The molecule has 5 heteroatoms. The van der Waals surface area contributed by atoms with Gasteiger partial charge in [0.15, 0.2) is 0 Å². The second kappa shape index (κ2) is 6.48. The fraction of sp³-hybridized carbons (Fsp3) is 0.409. The van der Waals surface area contributed by atoms with Crippen molar-refractivity contribution in [3.05, 3.63) is 59.2 Å². The SMILES string of the molecule is Cc1ccc(-c2ccccc2C(F)(F)F)cc1C1C(=O)C2CCC(C2)C1O. The molecule has 0 aromatic heterocycles. The number of carbonyl (C=O) groups is 1. The van der Waals surface area contributed by atoms with Gasteiger partial charge in [-0.3, -0.25) is 4.79 Å². The van der Waals surface area contributed by atoms with Gasteiger partial charge >= 0.3 is 6.18 Å². The predicted molar refractivity (Wildman–Crippen MR) is 96.2 cm³/mol. The number of benzene rings is 2. The lowest BCUT2D eigenvalue weighted by atomic mass is 9.73. The van der Waals surface area contributed by atoms with E-state index in [9.17, 15) is 23.1 Å². The Morgan fingerprint density at radius 1 is 1.07 bits per heavy atom. The third-order valence-electron chi connectivity index (χ3n) is 6.16. The smallest absolute Gasteiger partial charge is 0.392 e. The molecule has 1 N–H and O–H groups in total. The summed E-state index contributed by atoms with van der Waals surface area (Å²) in [7, 11) is 0. The fourth-order valence-electron chi connectivity index (χ4n) is 4.74. The van der Waals surface area contributed by atoms with Crippen molar-refractivity contribution in [3.63, 3.8) is 0 Å². The van der Waals surface area contributed by atoms with Crippen LogP contribution in [-0.2, 0) is 11.0 Å². The molecule has 4 atom stereocenters. The minimum absolute atomic E-state index is 0.0283. The van der Waals surface area contributed by atoms with Crippen molar-refractivity contribution < 1.29 is 23.1 Å². The van der Waals surface area contributed by atoms with E-state index in [-0.39, 0.29) is 23.2 Å². The van der Waals surface area contributed by atoms with Gasteiger partial charge in [-0.1, -0.05) is 36.4 Å². The number of Topliss-reactive ketones (excluding diaryl/α,β-unsaturated/α-hetero) is 1. The number of hydrogen-bond acceptors (Lipinski definition) is 2. The van der Waals surface area contributed by atoms with Gasteiger partial charge in [0.25, 0.3) is 0 Å². The molecule has 0 spiro atoms. The van der Waals surface area contributed by atoms with Crippen LogP contribution in [0.25, 0.3) is 11.1 Å². The van der Waals surface area contributed by atoms with Gasteiger partial charge in [0, 0.05) is 5.92 Å². The maximum absolute atomic E-state index is 13.4. The maximum atomic E-state index is 13.4. The number of aliphatic hydroxyl groups is 1. The first-order valence-electron chi connectivity index (χ1n) is 9.26. The Morgan fingerprint density at radius 3 is 2.56 bits per heavy atom. The van der Waals surface area contributed by atoms with E-state index in [0.717, 1.165) is 30.9 Å². The van der Waals surface area contributed by atoms with Crippen molar-refractivity contribution in [1.82, 2.24) is 0 Å². The number of carbonyl (C=O) groups excluding carboxylic acids is 1. The van der Waals surface area contributed by atoms with Gasteiger partial charge in [-0.05, 0) is 60.4 Å². The van der Waals surface area contributed by atoms with E-state index < -0.39 is 23.8 Å². The molecule has 2 aliphatic carbocycles. The highest BCUT2D eigenvalue weighted by molar-refractivity contribution is 5.90. The normalized spacial score (nSPS) is 27.8. The van der Waals surface area contributed by atoms with Crippen LogP contribution in [0, 0.1) is 18.8 Å². The lowest BCUT2D eigenvalue weighted by Crippen LogP contribution is -2.38. The van der Waals surface area contributed by atoms with Crippen molar-refractivity contribution >= 4 is 5.78 Å². The van der Waals surface area contributed by atoms with E-state index in [4.69, 9.17) is 0 Å². The van der Waals surface area contributed by atoms with Gasteiger partial charge in [-0.25, -0.2) is 0 Å². The van der Waals surface area contributed by atoms with Crippen molar-refractivity contribution in [2.24, 2.45) is 11.8 Å². The third-order valence-corrected chi connectivity index (χ3v) is 6.16. The number of aryl methyl sites for hydroxylation is 1. The van der Waals surface area contributed by atoms with Crippen molar-refractivity contribution in [3.8, 4) is 11.1 Å². The molecular weight excluding hydrogens is 353 g/mol. The Morgan fingerprint density at radius 2 is 1.81 bits per heavy atom. The molecular formula is C22H21F3O2. The fourth-order valence-corrected chi connectivity index (χ4v) is 4.74. The highest BCUT2D eigenvalue weighted by Gasteiger charge is 2.47. The van der Waals surface area contributed by atoms with Crippen LogP contribution >= 0.6 is 0 Å². The first-order valence-corrected chi connectivity index (χ1v) is 9.26. The minimum Gasteiger partial charge on any atom is -0.392 e. The number of fused-ring (bicyclic) bond motifs is 2. The second-order valence-electron chi connectivity index (χ2n) is 7.76. The van der Waals surface area contributed by atoms with Crippen LogP contribution in [0.15, 0.2) is 42.5 Å². The summed E-state index contributed by atoms with van der Waals surface area (Å²) in [5.74, 6) is -0.549. The Balaban J connectivity index is 1.81. The van der Waals surface area contributed by atoms with Gasteiger partial charge in [0.2, 0.25) is 0 Å². The van der Waals surface area contributed by atoms with Gasteiger partial charge < -0.3 is 5.11 Å². The molecule has 0 amide bonds. The van der Waals surface area contributed by atoms with E-state index in [2.05, 4.69) is 0 Å². The molecule has 142 valence electrons. The van der Waals surface area contributed by atoms with Crippen LogP contribution in [-0.4, -0.2) is 17.0 Å². The zero-order chi connectivity index (χ0) is 19.3. The molecule has 2 aliphatic rings. The maximum Gasteiger partial charge on any atom is 0.417 e. The molecule has 0 saturated heterocycles. The van der Waals surface area contributed by atoms with E-state index in [1.54, 1.807) is 24.3 Å². The quantitative estimate of drug-likeness (QED) is 0.792. The highest BCUT2D eigenvalue weighted by Crippen LogP contribution is 2.47. The van der Waals surface area contributed by atoms with Crippen LogP contribution in [0.4, 0.5) is 13.2 Å². The second-order valence-corrected chi connectivity index (χ2v) is 7.76. The van der Waals surface area contributed by atoms with E-state index >= 15 is 0 Å². The summed E-state index contributed by atoms with van der Waals surface area (Å²) in [6.07, 6.45) is -2.85. The minimum atomic E-state index is -4.46. The molecule has 2 fully saturated rings. The summed E-state index contributed by atoms with van der Waals surface area (Å²) < 4.78 is 40.2. The van der Waals surface area contributed by atoms with Crippen molar-refractivity contribution in [1.29, 1.82) is 0 Å². The van der Waals surface area contributed by atoms with E-state index in [1.807, 2.05) is 6.92 Å². The van der Waals surface area contributed by atoms with Crippen molar-refractivity contribution in [2.75, 3.05) is 0 Å². The lowest BCUT2D eigenvalue weighted by molar-refractivity contribution is -0.137. The summed E-state index contributed by atoms with van der Waals surface area (Å²) in [4.78, 5) is 12.9. The standard InChI is InChI=1S/C22H21F3O2/c1-12-6-7-13(16-4-2-3-5-18(16)22(23,24)25)11-17(12)19-20(26)14-8-9-15(10-14)21(19)27/h2-7,11,14-15,19-20,26H,8-10H2,1H3. The average molecular weight is 374 g/mol. The summed E-state index contributed by atoms with van der Waals surface area (Å²) >= 11 is 0. The number of ketones is 1. The molecule has 27 heavy (non-hydrogen) atoms. The summed E-state index contributed by atoms with van der Waals surface area (Å²) in [6.45, 7) is 1.84. The van der Waals surface area contributed by atoms with Crippen LogP contribution in [0.5, 0.6) is 0 Å². The van der Waals surface area contributed by atoms with Crippen LogP contribution in [0.1, 0.15) is 41.9 Å². The third kappa shape index (κ3) is 3.08. The number of rotatable bonds is 2. The van der Waals surface area contributed by atoms with E-state index in [1.165, 1.54) is 12.1 Å². The molecule has 0 heterocycles.